The molecule has 0 aliphatic carbocycles. The Labute approximate surface area is 124 Å². The molecule has 1 aliphatic rings. The first-order valence-corrected chi connectivity index (χ1v) is 7.34. The molecule has 0 bridgehead atoms. The Morgan fingerprint density at radius 1 is 1.43 bits per heavy atom. The zero-order valence-corrected chi connectivity index (χ0v) is 12.3. The fourth-order valence-electron chi connectivity index (χ4n) is 2.43. The van der Waals surface area contributed by atoms with E-state index < -0.39 is 11.6 Å². The normalized spacial score (nSPS) is 19.1. The molecule has 1 heterocycles. The van der Waals surface area contributed by atoms with E-state index in [1.807, 2.05) is 0 Å². The molecule has 0 radical (unpaired) electrons. The van der Waals surface area contributed by atoms with Crippen LogP contribution in [0.25, 0.3) is 0 Å². The molecule has 116 valence electrons. The molecule has 0 amide bonds. The Morgan fingerprint density at radius 3 is 2.95 bits per heavy atom. The summed E-state index contributed by atoms with van der Waals surface area (Å²) in [5.74, 6) is -0.751. The van der Waals surface area contributed by atoms with Gasteiger partial charge in [-0.25, -0.2) is 8.78 Å². The van der Waals surface area contributed by atoms with Crippen LogP contribution in [0.3, 0.4) is 0 Å². The summed E-state index contributed by atoms with van der Waals surface area (Å²) >= 11 is 0. The van der Waals surface area contributed by atoms with Crippen molar-refractivity contribution in [2.24, 2.45) is 16.6 Å². The summed E-state index contributed by atoms with van der Waals surface area (Å²) in [6.07, 6.45) is 1.98. The fourth-order valence-corrected chi connectivity index (χ4v) is 2.43. The standard InChI is InChI=1S/C15H22F2N4/c1-2-6-19-15(18)20-9-11-5-7-21(10-11)12-3-4-13(16)14(17)8-12/h3-4,8,11H,2,5-7,9-10H2,1H3,(H3,18,19,20). The summed E-state index contributed by atoms with van der Waals surface area (Å²) in [7, 11) is 0. The molecule has 21 heavy (non-hydrogen) atoms. The zero-order valence-electron chi connectivity index (χ0n) is 12.3. The van der Waals surface area contributed by atoms with Gasteiger partial charge in [-0.2, -0.15) is 0 Å². The number of guanidine groups is 1. The molecule has 0 saturated carbocycles. The van der Waals surface area contributed by atoms with E-state index in [4.69, 9.17) is 5.73 Å². The third-order valence-corrected chi connectivity index (χ3v) is 3.63. The Bertz CT molecular complexity index is 504. The molecule has 1 fully saturated rings. The molecule has 4 nitrogen and oxygen atoms in total. The van der Waals surface area contributed by atoms with Gasteiger partial charge < -0.3 is 16.0 Å². The van der Waals surface area contributed by atoms with Crippen LogP contribution >= 0.6 is 0 Å². The van der Waals surface area contributed by atoms with Gasteiger partial charge >= 0.3 is 0 Å². The molecule has 1 aromatic carbocycles. The summed E-state index contributed by atoms with van der Waals surface area (Å²) in [4.78, 5) is 6.38. The van der Waals surface area contributed by atoms with Crippen LogP contribution in [0.1, 0.15) is 19.8 Å². The van der Waals surface area contributed by atoms with Crippen LogP contribution in [0.15, 0.2) is 23.2 Å². The number of nitrogens with two attached hydrogens (primary N) is 1. The van der Waals surface area contributed by atoms with E-state index in [0.29, 0.717) is 18.4 Å². The monoisotopic (exact) mass is 296 g/mol. The number of anilines is 1. The third-order valence-electron chi connectivity index (χ3n) is 3.63. The molecule has 1 atom stereocenters. The number of hydrogen-bond donors (Lipinski definition) is 2. The van der Waals surface area contributed by atoms with Crippen molar-refractivity contribution < 1.29 is 8.78 Å². The van der Waals surface area contributed by atoms with Gasteiger partial charge in [-0.15, -0.1) is 0 Å². The van der Waals surface area contributed by atoms with Gasteiger partial charge in [0.1, 0.15) is 0 Å². The number of benzene rings is 1. The smallest absolute Gasteiger partial charge is 0.188 e. The van der Waals surface area contributed by atoms with E-state index in [2.05, 4.69) is 22.1 Å². The zero-order chi connectivity index (χ0) is 15.2. The molecule has 1 saturated heterocycles. The Morgan fingerprint density at radius 2 is 2.24 bits per heavy atom. The average molecular weight is 296 g/mol. The lowest BCUT2D eigenvalue weighted by Gasteiger charge is -2.18. The number of nitrogens with one attached hydrogen (secondary N) is 1. The molecule has 1 unspecified atom stereocenters. The SMILES string of the molecule is CCCNC(N)=NCC1CCN(c2ccc(F)c(F)c2)C1. The molecule has 0 aromatic heterocycles. The lowest BCUT2D eigenvalue weighted by molar-refractivity contribution is 0.508. The highest BCUT2D eigenvalue weighted by Crippen LogP contribution is 2.25. The quantitative estimate of drug-likeness (QED) is 0.646. The number of halogens is 2. The van der Waals surface area contributed by atoms with Gasteiger partial charge in [0.2, 0.25) is 0 Å². The highest BCUT2D eigenvalue weighted by atomic mass is 19.2. The minimum absolute atomic E-state index is 0.389. The summed E-state index contributed by atoms with van der Waals surface area (Å²) in [6.45, 7) is 5.16. The first-order valence-electron chi connectivity index (χ1n) is 7.34. The van der Waals surface area contributed by atoms with Crippen molar-refractivity contribution in [3.63, 3.8) is 0 Å². The van der Waals surface area contributed by atoms with Crippen LogP contribution in [-0.2, 0) is 0 Å². The second kappa shape index (κ2) is 7.24. The minimum atomic E-state index is -0.811. The highest BCUT2D eigenvalue weighted by Gasteiger charge is 2.23. The molecule has 2 rings (SSSR count). The van der Waals surface area contributed by atoms with Crippen molar-refractivity contribution >= 4 is 11.6 Å². The number of rotatable bonds is 5. The highest BCUT2D eigenvalue weighted by molar-refractivity contribution is 5.77. The molecular formula is C15H22F2N4. The van der Waals surface area contributed by atoms with E-state index in [-0.39, 0.29) is 0 Å². The van der Waals surface area contributed by atoms with Gasteiger partial charge in [0.15, 0.2) is 17.6 Å². The molecule has 6 heteroatoms. The van der Waals surface area contributed by atoms with Crippen LogP contribution < -0.4 is 16.0 Å². The summed E-state index contributed by atoms with van der Waals surface area (Å²) in [5.41, 5.74) is 6.47. The van der Waals surface area contributed by atoms with E-state index >= 15 is 0 Å². The predicted octanol–water partition coefficient (Wildman–Crippen LogP) is 2.11. The maximum absolute atomic E-state index is 13.3. The van der Waals surface area contributed by atoms with Crippen LogP contribution in [0, 0.1) is 17.6 Å². The molecule has 3 N–H and O–H groups in total. The van der Waals surface area contributed by atoms with Crippen molar-refractivity contribution in [3.05, 3.63) is 29.8 Å². The Kier molecular flexibility index (Phi) is 5.36. The molecule has 1 aliphatic heterocycles. The summed E-state index contributed by atoms with van der Waals surface area (Å²) in [5, 5.41) is 3.04. The van der Waals surface area contributed by atoms with Crippen LogP contribution in [0.5, 0.6) is 0 Å². The van der Waals surface area contributed by atoms with Gasteiger partial charge in [-0.3, -0.25) is 4.99 Å². The molecule has 0 spiro atoms. The lowest BCUT2D eigenvalue weighted by atomic mass is 10.1. The van der Waals surface area contributed by atoms with Crippen LogP contribution in [0.4, 0.5) is 14.5 Å². The number of nitrogens with zero attached hydrogens (tertiary/aromatic N) is 2. The van der Waals surface area contributed by atoms with E-state index in [9.17, 15) is 8.78 Å². The predicted molar refractivity (Wildman–Crippen MR) is 81.5 cm³/mol. The minimum Gasteiger partial charge on any atom is -0.371 e. The van der Waals surface area contributed by atoms with Gasteiger partial charge in [-0.05, 0) is 30.9 Å². The van der Waals surface area contributed by atoms with Crippen molar-refractivity contribution in [3.8, 4) is 0 Å². The van der Waals surface area contributed by atoms with Crippen molar-refractivity contribution in [2.75, 3.05) is 31.1 Å². The van der Waals surface area contributed by atoms with E-state index in [1.165, 1.54) is 12.1 Å². The largest absolute Gasteiger partial charge is 0.371 e. The topological polar surface area (TPSA) is 53.6 Å². The third kappa shape index (κ3) is 4.31. The first-order chi connectivity index (χ1) is 10.1. The van der Waals surface area contributed by atoms with Gasteiger partial charge in [0.25, 0.3) is 0 Å². The second-order valence-electron chi connectivity index (χ2n) is 5.35. The van der Waals surface area contributed by atoms with Gasteiger partial charge in [0, 0.05) is 37.9 Å². The first kappa shape index (κ1) is 15.5. The maximum Gasteiger partial charge on any atom is 0.188 e. The van der Waals surface area contributed by atoms with Gasteiger partial charge in [0.05, 0.1) is 0 Å². The van der Waals surface area contributed by atoms with Crippen molar-refractivity contribution in [2.45, 2.75) is 19.8 Å². The fraction of sp³-hybridized carbons (Fsp3) is 0.533. The van der Waals surface area contributed by atoms with Crippen molar-refractivity contribution in [1.82, 2.24) is 5.32 Å². The molecular weight excluding hydrogens is 274 g/mol. The summed E-state index contributed by atoms with van der Waals surface area (Å²) in [6, 6.07) is 4.03. The lowest BCUT2D eigenvalue weighted by Crippen LogP contribution is -2.32. The average Bonchev–Trinajstić information content (AvgIpc) is 2.94. The van der Waals surface area contributed by atoms with Crippen molar-refractivity contribution in [1.29, 1.82) is 0 Å². The van der Waals surface area contributed by atoms with Crippen LogP contribution in [0.2, 0.25) is 0 Å². The second-order valence-corrected chi connectivity index (χ2v) is 5.35. The Hall–Kier alpha value is -1.85. The maximum atomic E-state index is 13.3. The summed E-state index contributed by atoms with van der Waals surface area (Å²) < 4.78 is 26.2. The van der Waals surface area contributed by atoms with E-state index in [0.717, 1.165) is 38.2 Å². The Balaban J connectivity index is 1.87. The van der Waals surface area contributed by atoms with Gasteiger partial charge in [-0.1, -0.05) is 6.92 Å². The number of aliphatic imine (C=N–C) groups is 1. The van der Waals surface area contributed by atoms with Crippen LogP contribution in [-0.4, -0.2) is 32.1 Å². The molecule has 1 aromatic rings. The van der Waals surface area contributed by atoms with E-state index in [1.54, 1.807) is 6.07 Å². The number of hydrogen-bond acceptors (Lipinski definition) is 2.